The van der Waals surface area contributed by atoms with E-state index in [1.807, 2.05) is 42.9 Å². The second kappa shape index (κ2) is 10.0. The van der Waals surface area contributed by atoms with Gasteiger partial charge in [0.05, 0.1) is 10.2 Å². The fourth-order valence-electron chi connectivity index (χ4n) is 4.81. The number of thiazole rings is 1. The smallest absolute Gasteiger partial charge is 0.124 e. The Labute approximate surface area is 230 Å². The quantitative estimate of drug-likeness (QED) is 0.228. The van der Waals surface area contributed by atoms with Crippen molar-refractivity contribution in [1.29, 1.82) is 0 Å². The van der Waals surface area contributed by atoms with Crippen molar-refractivity contribution < 1.29 is 0 Å². The minimum Gasteiger partial charge on any atom is -0.264 e. The molecule has 0 fully saturated rings. The largest absolute Gasteiger partial charge is 0.264 e. The molecule has 0 N–H and O–H groups in total. The van der Waals surface area contributed by atoms with E-state index < -0.39 is 0 Å². The third-order valence-corrected chi connectivity index (χ3v) is 7.81. The molecule has 0 aliphatic carbocycles. The summed E-state index contributed by atoms with van der Waals surface area (Å²) in [5.41, 5.74) is 10.8. The Hall–Kier alpha value is -5.00. The zero-order chi connectivity index (χ0) is 26.0. The molecule has 39 heavy (non-hydrogen) atoms. The summed E-state index contributed by atoms with van der Waals surface area (Å²) >= 11 is 1.71. The van der Waals surface area contributed by atoms with E-state index in [2.05, 4.69) is 87.7 Å². The lowest BCUT2D eigenvalue weighted by molar-refractivity contribution is 1.32. The zero-order valence-corrected chi connectivity index (χ0v) is 21.7. The molecule has 0 amide bonds. The molecule has 0 spiro atoms. The van der Waals surface area contributed by atoms with E-state index in [9.17, 15) is 0 Å². The minimum atomic E-state index is 0.999. The molecular formula is C34H22N4S. The van der Waals surface area contributed by atoms with Gasteiger partial charge >= 0.3 is 0 Å². The van der Waals surface area contributed by atoms with Gasteiger partial charge in [-0.3, -0.25) is 15.0 Å². The molecule has 0 atom stereocenters. The van der Waals surface area contributed by atoms with Crippen molar-refractivity contribution in [2.45, 2.75) is 0 Å². The second-order valence-electron chi connectivity index (χ2n) is 9.31. The molecule has 4 nitrogen and oxygen atoms in total. The third-order valence-electron chi connectivity index (χ3n) is 6.72. The van der Waals surface area contributed by atoms with Gasteiger partial charge in [0.1, 0.15) is 5.01 Å². The van der Waals surface area contributed by atoms with Crippen LogP contribution >= 0.6 is 11.3 Å². The summed E-state index contributed by atoms with van der Waals surface area (Å²) < 4.78 is 1.18. The van der Waals surface area contributed by atoms with Gasteiger partial charge in [-0.25, -0.2) is 4.98 Å². The van der Waals surface area contributed by atoms with Crippen molar-refractivity contribution in [1.82, 2.24) is 19.9 Å². The van der Waals surface area contributed by atoms with Crippen LogP contribution in [0, 0.1) is 0 Å². The van der Waals surface area contributed by atoms with Crippen LogP contribution in [-0.4, -0.2) is 19.9 Å². The second-order valence-corrected chi connectivity index (χ2v) is 10.3. The normalized spacial score (nSPS) is 11.1. The Morgan fingerprint density at radius 1 is 0.410 bits per heavy atom. The van der Waals surface area contributed by atoms with Gasteiger partial charge in [0.2, 0.25) is 0 Å². The van der Waals surface area contributed by atoms with Crippen LogP contribution in [0.3, 0.4) is 0 Å². The first-order valence-electron chi connectivity index (χ1n) is 12.7. The van der Waals surface area contributed by atoms with Crippen molar-refractivity contribution in [3.8, 4) is 55.1 Å². The van der Waals surface area contributed by atoms with E-state index in [-0.39, 0.29) is 0 Å². The van der Waals surface area contributed by atoms with E-state index in [4.69, 9.17) is 4.98 Å². The molecule has 0 bridgehead atoms. The van der Waals surface area contributed by atoms with E-state index >= 15 is 0 Å². The van der Waals surface area contributed by atoms with Gasteiger partial charge in [-0.15, -0.1) is 11.3 Å². The third kappa shape index (κ3) is 4.72. The fraction of sp³-hybridized carbons (Fsp3) is 0. The molecule has 0 unspecified atom stereocenters. The first-order valence-corrected chi connectivity index (χ1v) is 13.5. The summed E-state index contributed by atoms with van der Waals surface area (Å²) in [5, 5.41) is 0.999. The highest BCUT2D eigenvalue weighted by atomic mass is 32.1. The molecule has 7 rings (SSSR count). The number of rotatable bonds is 5. The maximum atomic E-state index is 4.97. The number of fused-ring (bicyclic) bond motifs is 1. The van der Waals surface area contributed by atoms with Gasteiger partial charge in [0.25, 0.3) is 0 Å². The molecule has 0 aliphatic heterocycles. The average Bonchev–Trinajstić information content (AvgIpc) is 3.47. The topological polar surface area (TPSA) is 51.6 Å². The van der Waals surface area contributed by atoms with Crippen molar-refractivity contribution in [3.05, 3.63) is 134 Å². The van der Waals surface area contributed by atoms with E-state index in [1.54, 1.807) is 29.9 Å². The molecule has 4 heterocycles. The van der Waals surface area contributed by atoms with Gasteiger partial charge < -0.3 is 0 Å². The van der Waals surface area contributed by atoms with E-state index in [0.717, 1.165) is 60.6 Å². The van der Waals surface area contributed by atoms with Gasteiger partial charge in [-0.1, -0.05) is 30.3 Å². The van der Waals surface area contributed by atoms with Crippen molar-refractivity contribution in [3.63, 3.8) is 0 Å². The van der Waals surface area contributed by atoms with Crippen LogP contribution in [-0.2, 0) is 0 Å². The number of hydrogen-bond donors (Lipinski definition) is 0. The molecule has 5 heteroatoms. The SMILES string of the molecule is c1cncc(-c2cc(-c3cccnc3)cc(-c3cc(-c4cccnc4)cc(-c4nc5ccccc5s4)c3)c2)c1. The number of pyridine rings is 3. The van der Waals surface area contributed by atoms with Gasteiger partial charge in [-0.05, 0) is 94.5 Å². The van der Waals surface area contributed by atoms with Crippen molar-refractivity contribution in [2.24, 2.45) is 0 Å². The molecule has 0 saturated carbocycles. The van der Waals surface area contributed by atoms with Crippen LogP contribution < -0.4 is 0 Å². The average molecular weight is 519 g/mol. The Kier molecular flexibility index (Phi) is 5.96. The van der Waals surface area contributed by atoms with Crippen LogP contribution in [0.15, 0.2) is 134 Å². The van der Waals surface area contributed by atoms with E-state index in [1.165, 1.54) is 4.70 Å². The van der Waals surface area contributed by atoms with Crippen LogP contribution in [0.2, 0.25) is 0 Å². The van der Waals surface area contributed by atoms with Gasteiger partial charge in [-0.2, -0.15) is 0 Å². The summed E-state index contributed by atoms with van der Waals surface area (Å²) in [6.07, 6.45) is 11.1. The zero-order valence-electron chi connectivity index (χ0n) is 20.9. The monoisotopic (exact) mass is 518 g/mol. The molecule has 0 saturated heterocycles. The van der Waals surface area contributed by atoms with Crippen LogP contribution in [0.4, 0.5) is 0 Å². The minimum absolute atomic E-state index is 0.999. The van der Waals surface area contributed by atoms with Gasteiger partial charge in [0, 0.05) is 59.4 Å². The molecule has 4 aromatic heterocycles. The highest BCUT2D eigenvalue weighted by Crippen LogP contribution is 2.38. The lowest BCUT2D eigenvalue weighted by atomic mass is 9.92. The molecule has 3 aromatic carbocycles. The van der Waals surface area contributed by atoms with Crippen LogP contribution in [0.1, 0.15) is 0 Å². The summed E-state index contributed by atoms with van der Waals surface area (Å²) in [6.45, 7) is 0. The predicted octanol–water partition coefficient (Wildman–Crippen LogP) is 8.82. The standard InChI is InChI=1S/C34H22N4S/c1-2-10-33-32(9-1)38-34(39-33)31-18-28(25-8-5-13-37-22-25)17-30(19-31)29-15-26(23-6-3-11-35-20-23)14-27(16-29)24-7-4-12-36-21-24/h1-22H. The van der Waals surface area contributed by atoms with E-state index in [0.29, 0.717) is 0 Å². The predicted molar refractivity (Wildman–Crippen MR) is 160 cm³/mol. The summed E-state index contributed by atoms with van der Waals surface area (Å²) in [4.78, 5) is 18.1. The lowest BCUT2D eigenvalue weighted by Crippen LogP contribution is -1.89. The number of benzene rings is 3. The number of hydrogen-bond acceptors (Lipinski definition) is 5. The Bertz CT molecular complexity index is 1810. The highest BCUT2D eigenvalue weighted by molar-refractivity contribution is 7.21. The van der Waals surface area contributed by atoms with Crippen LogP contribution in [0.25, 0.3) is 65.3 Å². The number of aromatic nitrogens is 4. The first-order chi connectivity index (χ1) is 19.3. The lowest BCUT2D eigenvalue weighted by Gasteiger charge is -2.13. The molecule has 0 aliphatic rings. The molecular weight excluding hydrogens is 496 g/mol. The molecule has 7 aromatic rings. The Morgan fingerprint density at radius 2 is 0.846 bits per heavy atom. The highest BCUT2D eigenvalue weighted by Gasteiger charge is 2.13. The Morgan fingerprint density at radius 3 is 1.28 bits per heavy atom. The first kappa shape index (κ1) is 23.1. The summed E-state index contributed by atoms with van der Waals surface area (Å²) in [6, 6.07) is 33.9. The molecule has 184 valence electrons. The van der Waals surface area contributed by atoms with Crippen molar-refractivity contribution >= 4 is 21.6 Å². The van der Waals surface area contributed by atoms with Crippen LogP contribution in [0.5, 0.6) is 0 Å². The number of nitrogens with zero attached hydrogens (tertiary/aromatic N) is 4. The fourth-order valence-corrected chi connectivity index (χ4v) is 5.76. The van der Waals surface area contributed by atoms with Crippen molar-refractivity contribution in [2.75, 3.05) is 0 Å². The Balaban J connectivity index is 1.46. The number of para-hydroxylation sites is 1. The maximum Gasteiger partial charge on any atom is 0.124 e. The summed E-state index contributed by atoms with van der Waals surface area (Å²) in [5.74, 6) is 0. The molecule has 0 radical (unpaired) electrons. The summed E-state index contributed by atoms with van der Waals surface area (Å²) in [7, 11) is 0. The van der Waals surface area contributed by atoms with Gasteiger partial charge in [0.15, 0.2) is 0 Å². The maximum absolute atomic E-state index is 4.97.